The minimum atomic E-state index is -4.94. The van der Waals surface area contributed by atoms with Crippen molar-refractivity contribution in [2.45, 2.75) is 44.2 Å². The van der Waals surface area contributed by atoms with E-state index in [2.05, 4.69) is 20.1 Å². The van der Waals surface area contributed by atoms with Crippen LogP contribution in [0.2, 0.25) is 0 Å². The second kappa shape index (κ2) is 9.54. The lowest BCUT2D eigenvalue weighted by molar-refractivity contribution is -0.147. The molecule has 0 amide bonds. The fourth-order valence-corrected chi connectivity index (χ4v) is 4.89. The van der Waals surface area contributed by atoms with Crippen LogP contribution in [0.4, 0.5) is 23.5 Å². The van der Waals surface area contributed by atoms with Crippen molar-refractivity contribution in [2.75, 3.05) is 25.1 Å². The van der Waals surface area contributed by atoms with Crippen LogP contribution >= 0.6 is 0 Å². The number of alkyl halides is 3. The van der Waals surface area contributed by atoms with Crippen molar-refractivity contribution in [2.24, 2.45) is 7.05 Å². The number of aromatic nitrogens is 6. The first kappa shape index (κ1) is 26.2. The van der Waals surface area contributed by atoms with Gasteiger partial charge in [-0.15, -0.1) is 0 Å². The zero-order valence-electron chi connectivity index (χ0n) is 21.8. The molecule has 1 aromatic carbocycles. The van der Waals surface area contributed by atoms with Crippen LogP contribution in [-0.2, 0) is 18.0 Å². The predicted octanol–water partition coefficient (Wildman–Crippen LogP) is 4.05. The lowest BCUT2D eigenvalue weighted by atomic mass is 10.1. The van der Waals surface area contributed by atoms with Crippen LogP contribution in [0, 0.1) is 5.82 Å². The molecule has 3 aromatic heterocycles. The molecular formula is C26H25F4N7O3. The van der Waals surface area contributed by atoms with Crippen LogP contribution in [-0.4, -0.2) is 55.6 Å². The Bertz CT molecular complexity index is 1660. The smallest absolute Gasteiger partial charge is 0.449 e. The number of hydrogen-bond donors (Lipinski definition) is 0. The monoisotopic (exact) mass is 559 g/mol. The van der Waals surface area contributed by atoms with Crippen LogP contribution in [0.5, 0.6) is 5.75 Å². The Balaban J connectivity index is 1.50. The fourth-order valence-electron chi connectivity index (χ4n) is 4.89. The number of nitrogens with zero attached hydrogens (tertiary/aromatic N) is 7. The zero-order chi connectivity index (χ0) is 28.3. The standard InChI is InChI=1S/C26H25F4N7O3/c1-13-10-36(12-19(40-13)14-9-31-37(11-14)15-4-5-15)25-33-20(17-7-6-16(39-3)8-18(17)27)21-22(34-25)23(38)35(2)24(32-21)26(28,29)30/h6-9,11,13,15,19H,4-5,10,12H2,1-3H3/t13-,19-/m1/s1. The van der Waals surface area contributed by atoms with Gasteiger partial charge < -0.3 is 14.4 Å². The lowest BCUT2D eigenvalue weighted by Gasteiger charge is -2.36. The molecule has 210 valence electrons. The maximum atomic E-state index is 15.2. The van der Waals surface area contributed by atoms with E-state index in [9.17, 15) is 18.0 Å². The molecule has 6 rings (SSSR count). The number of morpholine rings is 1. The van der Waals surface area contributed by atoms with Gasteiger partial charge in [-0.05, 0) is 31.9 Å². The van der Waals surface area contributed by atoms with Gasteiger partial charge >= 0.3 is 6.18 Å². The number of benzene rings is 1. The highest BCUT2D eigenvalue weighted by molar-refractivity contribution is 5.90. The van der Waals surface area contributed by atoms with Gasteiger partial charge in [0, 0.05) is 37.0 Å². The van der Waals surface area contributed by atoms with Gasteiger partial charge in [0.05, 0.1) is 32.0 Å². The van der Waals surface area contributed by atoms with E-state index in [4.69, 9.17) is 9.47 Å². The van der Waals surface area contributed by atoms with Gasteiger partial charge in [0.15, 0.2) is 5.52 Å². The van der Waals surface area contributed by atoms with Crippen molar-refractivity contribution in [3.05, 3.63) is 58.2 Å². The number of methoxy groups -OCH3 is 1. The molecule has 40 heavy (non-hydrogen) atoms. The summed E-state index contributed by atoms with van der Waals surface area (Å²) < 4.78 is 70.0. The summed E-state index contributed by atoms with van der Waals surface area (Å²) in [7, 11) is 2.33. The average Bonchev–Trinajstić information content (AvgIpc) is 3.65. The van der Waals surface area contributed by atoms with E-state index in [0.29, 0.717) is 17.2 Å². The number of halogens is 4. The third kappa shape index (κ3) is 4.65. The number of ether oxygens (including phenoxy) is 2. The van der Waals surface area contributed by atoms with Gasteiger partial charge in [0.2, 0.25) is 11.8 Å². The Morgan fingerprint density at radius 2 is 1.88 bits per heavy atom. The molecule has 14 heteroatoms. The molecule has 4 heterocycles. The van der Waals surface area contributed by atoms with Crippen molar-refractivity contribution >= 4 is 17.0 Å². The predicted molar refractivity (Wildman–Crippen MR) is 136 cm³/mol. The summed E-state index contributed by atoms with van der Waals surface area (Å²) >= 11 is 0. The third-order valence-electron chi connectivity index (χ3n) is 7.06. The molecule has 1 aliphatic carbocycles. The van der Waals surface area contributed by atoms with Crippen molar-refractivity contribution < 1.29 is 27.0 Å². The van der Waals surface area contributed by atoms with E-state index in [1.54, 1.807) is 11.1 Å². The molecule has 2 fully saturated rings. The first-order valence-corrected chi connectivity index (χ1v) is 12.7. The fraction of sp³-hybridized carbons (Fsp3) is 0.423. The molecule has 2 atom stereocenters. The Kier molecular flexibility index (Phi) is 6.24. The summed E-state index contributed by atoms with van der Waals surface area (Å²) in [6.07, 6.45) is 0.220. The summed E-state index contributed by atoms with van der Waals surface area (Å²) in [5.74, 6) is -1.99. The minimum Gasteiger partial charge on any atom is -0.497 e. The Morgan fingerprint density at radius 3 is 2.55 bits per heavy atom. The molecule has 1 saturated carbocycles. The van der Waals surface area contributed by atoms with Gasteiger partial charge in [-0.3, -0.25) is 14.0 Å². The molecular weight excluding hydrogens is 534 g/mol. The van der Waals surface area contributed by atoms with E-state index < -0.39 is 35.0 Å². The van der Waals surface area contributed by atoms with E-state index in [0.717, 1.165) is 31.5 Å². The molecule has 1 aliphatic heterocycles. The lowest BCUT2D eigenvalue weighted by Crippen LogP contribution is -2.44. The maximum absolute atomic E-state index is 15.2. The number of rotatable bonds is 5. The minimum absolute atomic E-state index is 0.0473. The number of anilines is 1. The Morgan fingerprint density at radius 1 is 1.10 bits per heavy atom. The zero-order valence-corrected chi connectivity index (χ0v) is 21.8. The highest BCUT2D eigenvalue weighted by Gasteiger charge is 2.38. The number of hydrogen-bond acceptors (Lipinski definition) is 8. The number of fused-ring (bicyclic) bond motifs is 1. The van der Waals surface area contributed by atoms with Gasteiger partial charge in [-0.2, -0.15) is 18.3 Å². The van der Waals surface area contributed by atoms with Crippen LogP contribution in [0.15, 0.2) is 35.4 Å². The largest absolute Gasteiger partial charge is 0.497 e. The van der Waals surface area contributed by atoms with Crippen molar-refractivity contribution in [3.8, 4) is 17.0 Å². The average molecular weight is 560 g/mol. The van der Waals surface area contributed by atoms with Crippen LogP contribution in [0.25, 0.3) is 22.3 Å². The topological polar surface area (TPSA) is 100 Å². The van der Waals surface area contributed by atoms with Crippen LogP contribution in [0.3, 0.4) is 0 Å². The second-order valence-corrected chi connectivity index (χ2v) is 10.0. The summed E-state index contributed by atoms with van der Waals surface area (Å²) in [6.45, 7) is 2.48. The van der Waals surface area contributed by atoms with Crippen molar-refractivity contribution in [3.63, 3.8) is 0 Å². The first-order chi connectivity index (χ1) is 19.0. The van der Waals surface area contributed by atoms with Gasteiger partial charge in [-0.25, -0.2) is 19.3 Å². The highest BCUT2D eigenvalue weighted by atomic mass is 19.4. The van der Waals surface area contributed by atoms with Crippen molar-refractivity contribution in [1.82, 2.24) is 29.3 Å². The van der Waals surface area contributed by atoms with Gasteiger partial charge in [0.1, 0.15) is 28.9 Å². The normalized spacial score (nSPS) is 19.8. The Labute approximate surface area is 225 Å². The molecule has 0 unspecified atom stereocenters. The van der Waals surface area contributed by atoms with Crippen LogP contribution < -0.4 is 15.2 Å². The second-order valence-electron chi connectivity index (χ2n) is 10.0. The molecule has 0 N–H and O–H groups in total. The molecule has 0 spiro atoms. The van der Waals surface area contributed by atoms with E-state index in [-0.39, 0.29) is 41.1 Å². The SMILES string of the molecule is COc1ccc(-c2nc(N3C[C@@H](C)O[C@@H](c4cnn(C5CC5)c4)C3)nc3c(=O)n(C)c(C(F)(F)F)nc23)c(F)c1. The first-order valence-electron chi connectivity index (χ1n) is 12.7. The van der Waals surface area contributed by atoms with E-state index >= 15 is 4.39 Å². The summed E-state index contributed by atoms with van der Waals surface area (Å²) in [6, 6.07) is 4.24. The van der Waals surface area contributed by atoms with E-state index in [1.807, 2.05) is 17.8 Å². The highest BCUT2D eigenvalue weighted by Crippen LogP contribution is 2.37. The molecule has 10 nitrogen and oxygen atoms in total. The van der Waals surface area contributed by atoms with Crippen LogP contribution in [0.1, 0.15) is 43.3 Å². The summed E-state index contributed by atoms with van der Waals surface area (Å²) in [5.41, 5.74) is -1.36. The molecule has 0 radical (unpaired) electrons. The van der Waals surface area contributed by atoms with Gasteiger partial charge in [0.25, 0.3) is 5.56 Å². The van der Waals surface area contributed by atoms with Gasteiger partial charge in [-0.1, -0.05) is 0 Å². The molecule has 2 aliphatic rings. The third-order valence-corrected chi connectivity index (χ3v) is 7.06. The summed E-state index contributed by atoms with van der Waals surface area (Å²) in [5, 5.41) is 4.43. The summed E-state index contributed by atoms with van der Waals surface area (Å²) in [4.78, 5) is 27.5. The Hall–Kier alpha value is -4.07. The van der Waals surface area contributed by atoms with Crippen molar-refractivity contribution in [1.29, 1.82) is 0 Å². The van der Waals surface area contributed by atoms with E-state index in [1.165, 1.54) is 19.2 Å². The molecule has 0 bridgehead atoms. The quantitative estimate of drug-likeness (QED) is 0.338. The maximum Gasteiger partial charge on any atom is 0.449 e. The molecule has 1 saturated heterocycles. The molecule has 4 aromatic rings.